The van der Waals surface area contributed by atoms with Crippen molar-refractivity contribution in [3.63, 3.8) is 0 Å². The Morgan fingerprint density at radius 2 is 1.19 bits per heavy atom. The highest BCUT2D eigenvalue weighted by atomic mass is 35.5. The molecule has 0 fully saturated rings. The highest BCUT2D eigenvalue weighted by Gasteiger charge is 2.07. The van der Waals surface area contributed by atoms with Crippen LogP contribution in [0.3, 0.4) is 0 Å². The van der Waals surface area contributed by atoms with Crippen LogP contribution in [0.2, 0.25) is 5.02 Å². The summed E-state index contributed by atoms with van der Waals surface area (Å²) in [5.74, 6) is 0.280. The molecule has 0 radical (unpaired) electrons. The summed E-state index contributed by atoms with van der Waals surface area (Å²) >= 11 is 5.99. The third-order valence-electron chi connectivity index (χ3n) is 5.04. The molecular formula is C24H39ClO2. The number of unbranched alkanes of at least 4 members (excludes halogenated alkanes) is 14. The van der Waals surface area contributed by atoms with Gasteiger partial charge >= 0.3 is 5.97 Å². The minimum Gasteiger partial charge on any atom is -0.425 e. The molecule has 2 nitrogen and oxygen atoms in total. The van der Waals surface area contributed by atoms with E-state index in [2.05, 4.69) is 6.92 Å². The second kappa shape index (κ2) is 17.1. The molecule has 154 valence electrons. The van der Waals surface area contributed by atoms with E-state index in [1.807, 2.05) is 12.1 Å². The lowest BCUT2D eigenvalue weighted by atomic mass is 10.0. The average molecular weight is 395 g/mol. The minimum atomic E-state index is -0.183. The number of halogens is 1. The molecule has 0 saturated heterocycles. The van der Waals surface area contributed by atoms with Gasteiger partial charge < -0.3 is 4.74 Å². The number of para-hydroxylation sites is 1. The number of carbonyl (C=O) groups is 1. The minimum absolute atomic E-state index is 0.183. The fourth-order valence-corrected chi connectivity index (χ4v) is 3.52. The maximum Gasteiger partial charge on any atom is 0.311 e. The average Bonchev–Trinajstić information content (AvgIpc) is 2.66. The van der Waals surface area contributed by atoms with Crippen LogP contribution in [0.25, 0.3) is 0 Å². The van der Waals surface area contributed by atoms with Gasteiger partial charge in [0.05, 0.1) is 5.02 Å². The molecule has 0 aliphatic heterocycles. The summed E-state index contributed by atoms with van der Waals surface area (Å²) in [7, 11) is 0. The van der Waals surface area contributed by atoms with Crippen LogP contribution in [0.1, 0.15) is 110 Å². The Labute approximate surface area is 172 Å². The molecule has 3 heteroatoms. The van der Waals surface area contributed by atoms with Crippen molar-refractivity contribution in [1.29, 1.82) is 0 Å². The fourth-order valence-electron chi connectivity index (χ4n) is 3.34. The summed E-state index contributed by atoms with van der Waals surface area (Å²) in [6, 6.07) is 7.11. The normalized spacial score (nSPS) is 10.9. The van der Waals surface area contributed by atoms with Gasteiger partial charge in [0.15, 0.2) is 0 Å². The van der Waals surface area contributed by atoms with Gasteiger partial charge in [-0.3, -0.25) is 4.79 Å². The van der Waals surface area contributed by atoms with Crippen molar-refractivity contribution in [2.45, 2.75) is 110 Å². The molecule has 0 atom stereocenters. The van der Waals surface area contributed by atoms with Crippen LogP contribution in [-0.2, 0) is 4.79 Å². The number of rotatable bonds is 17. The van der Waals surface area contributed by atoms with E-state index < -0.39 is 0 Å². The first-order valence-corrected chi connectivity index (χ1v) is 11.6. The first kappa shape index (κ1) is 24.0. The van der Waals surface area contributed by atoms with Crippen LogP contribution in [0.4, 0.5) is 0 Å². The van der Waals surface area contributed by atoms with E-state index in [1.165, 1.54) is 83.5 Å². The van der Waals surface area contributed by atoms with Gasteiger partial charge in [0.2, 0.25) is 0 Å². The van der Waals surface area contributed by atoms with Crippen molar-refractivity contribution < 1.29 is 9.53 Å². The second-order valence-electron chi connectivity index (χ2n) is 7.60. The monoisotopic (exact) mass is 394 g/mol. The zero-order valence-electron chi connectivity index (χ0n) is 17.3. The number of carbonyl (C=O) groups excluding carboxylic acids is 1. The van der Waals surface area contributed by atoms with Crippen molar-refractivity contribution in [2.75, 3.05) is 0 Å². The van der Waals surface area contributed by atoms with E-state index in [9.17, 15) is 4.79 Å². The Morgan fingerprint density at radius 1 is 0.741 bits per heavy atom. The molecule has 0 bridgehead atoms. The zero-order chi connectivity index (χ0) is 19.6. The Balaban J connectivity index is 1.82. The maximum atomic E-state index is 11.8. The molecule has 0 amide bonds. The second-order valence-corrected chi connectivity index (χ2v) is 8.01. The first-order chi connectivity index (χ1) is 13.2. The van der Waals surface area contributed by atoms with Crippen LogP contribution >= 0.6 is 11.6 Å². The van der Waals surface area contributed by atoms with Gasteiger partial charge in [-0.15, -0.1) is 0 Å². The smallest absolute Gasteiger partial charge is 0.311 e. The lowest BCUT2D eigenvalue weighted by molar-refractivity contribution is -0.134. The third-order valence-corrected chi connectivity index (χ3v) is 5.36. The molecule has 0 saturated carbocycles. The summed E-state index contributed by atoms with van der Waals surface area (Å²) in [4.78, 5) is 11.8. The van der Waals surface area contributed by atoms with Crippen LogP contribution in [0, 0.1) is 0 Å². The molecule has 0 heterocycles. The van der Waals surface area contributed by atoms with E-state index in [0.29, 0.717) is 17.2 Å². The molecule has 0 aromatic heterocycles. The molecule has 0 aliphatic carbocycles. The lowest BCUT2D eigenvalue weighted by Crippen LogP contribution is -2.07. The molecule has 0 N–H and O–H groups in total. The van der Waals surface area contributed by atoms with Crippen LogP contribution < -0.4 is 4.74 Å². The fraction of sp³-hybridized carbons (Fsp3) is 0.708. The zero-order valence-corrected chi connectivity index (χ0v) is 18.1. The summed E-state index contributed by atoms with van der Waals surface area (Å²) in [5, 5.41) is 0.488. The van der Waals surface area contributed by atoms with Crippen molar-refractivity contribution in [2.24, 2.45) is 0 Å². The Hall–Kier alpha value is -1.02. The number of hydrogen-bond donors (Lipinski definition) is 0. The molecule has 1 rings (SSSR count). The van der Waals surface area contributed by atoms with E-state index in [4.69, 9.17) is 16.3 Å². The number of esters is 1. The molecule has 0 spiro atoms. The molecule has 1 aromatic rings. The Morgan fingerprint density at radius 3 is 1.67 bits per heavy atom. The van der Waals surface area contributed by atoms with Gasteiger partial charge in [0.25, 0.3) is 0 Å². The van der Waals surface area contributed by atoms with Gasteiger partial charge in [0, 0.05) is 6.42 Å². The molecule has 1 aromatic carbocycles. The van der Waals surface area contributed by atoms with Gasteiger partial charge in [-0.05, 0) is 18.6 Å². The summed E-state index contributed by atoms with van der Waals surface area (Å²) < 4.78 is 5.29. The topological polar surface area (TPSA) is 26.3 Å². The molecular weight excluding hydrogens is 356 g/mol. The third kappa shape index (κ3) is 13.7. The number of hydrogen-bond acceptors (Lipinski definition) is 2. The van der Waals surface area contributed by atoms with Gasteiger partial charge in [0.1, 0.15) is 5.75 Å². The van der Waals surface area contributed by atoms with Crippen LogP contribution in [0.15, 0.2) is 24.3 Å². The van der Waals surface area contributed by atoms with Gasteiger partial charge in [-0.2, -0.15) is 0 Å². The summed E-state index contributed by atoms with van der Waals surface area (Å²) in [6.45, 7) is 2.27. The number of benzene rings is 1. The van der Waals surface area contributed by atoms with Crippen LogP contribution in [0.5, 0.6) is 5.75 Å². The molecule has 0 aliphatic rings. The summed E-state index contributed by atoms with van der Waals surface area (Å²) in [6.07, 6.45) is 20.4. The number of ether oxygens (including phenoxy) is 1. The predicted octanol–water partition coefficient (Wildman–Crippen LogP) is 8.51. The van der Waals surface area contributed by atoms with E-state index in [-0.39, 0.29) is 5.97 Å². The Kier molecular flexibility index (Phi) is 15.2. The first-order valence-electron chi connectivity index (χ1n) is 11.2. The van der Waals surface area contributed by atoms with Gasteiger partial charge in [-0.25, -0.2) is 0 Å². The van der Waals surface area contributed by atoms with Gasteiger partial charge in [-0.1, -0.05) is 121 Å². The van der Waals surface area contributed by atoms with Crippen LogP contribution in [-0.4, -0.2) is 5.97 Å². The molecule has 0 unspecified atom stereocenters. The van der Waals surface area contributed by atoms with Crippen molar-refractivity contribution >= 4 is 17.6 Å². The van der Waals surface area contributed by atoms with E-state index >= 15 is 0 Å². The van der Waals surface area contributed by atoms with Crippen molar-refractivity contribution in [3.8, 4) is 5.75 Å². The van der Waals surface area contributed by atoms with E-state index in [1.54, 1.807) is 12.1 Å². The predicted molar refractivity (Wildman–Crippen MR) is 117 cm³/mol. The van der Waals surface area contributed by atoms with Crippen molar-refractivity contribution in [3.05, 3.63) is 29.3 Å². The SMILES string of the molecule is CCCCCCCCCCCCCCCCCC(=O)Oc1ccccc1Cl. The maximum absolute atomic E-state index is 11.8. The quantitative estimate of drug-likeness (QED) is 0.150. The van der Waals surface area contributed by atoms with Crippen molar-refractivity contribution in [1.82, 2.24) is 0 Å². The standard InChI is InChI=1S/C24H39ClO2/c1-2-3-4-5-6-7-8-9-10-11-12-13-14-15-16-21-24(26)27-23-20-18-17-19-22(23)25/h17-20H,2-16,21H2,1H3. The summed E-state index contributed by atoms with van der Waals surface area (Å²) in [5.41, 5.74) is 0. The highest BCUT2D eigenvalue weighted by molar-refractivity contribution is 6.32. The largest absolute Gasteiger partial charge is 0.425 e. The Bertz CT molecular complexity index is 487. The lowest BCUT2D eigenvalue weighted by Gasteiger charge is -2.06. The highest BCUT2D eigenvalue weighted by Crippen LogP contribution is 2.23. The van der Waals surface area contributed by atoms with E-state index in [0.717, 1.165) is 12.8 Å². The molecule has 27 heavy (non-hydrogen) atoms.